The zero-order valence-electron chi connectivity index (χ0n) is 9.90. The molecule has 2 rings (SSSR count). The molecule has 2 aromatic rings. The lowest BCUT2D eigenvalue weighted by atomic mass is 9.95. The van der Waals surface area contributed by atoms with Gasteiger partial charge < -0.3 is 5.73 Å². The summed E-state index contributed by atoms with van der Waals surface area (Å²) < 4.78 is 13.9. The zero-order valence-corrected chi connectivity index (χ0v) is 11.5. The largest absolute Gasteiger partial charge is 0.330 e. The van der Waals surface area contributed by atoms with E-state index in [0.717, 1.165) is 22.7 Å². The van der Waals surface area contributed by atoms with E-state index in [2.05, 4.69) is 0 Å². The van der Waals surface area contributed by atoms with Crippen LogP contribution in [-0.2, 0) is 12.8 Å². The van der Waals surface area contributed by atoms with E-state index in [9.17, 15) is 4.39 Å². The smallest absolute Gasteiger partial charge is 0.123 e. The van der Waals surface area contributed by atoms with Crippen LogP contribution in [0.25, 0.3) is 0 Å². The molecule has 1 nitrogen and oxygen atoms in total. The normalized spacial score (nSPS) is 12.6. The summed E-state index contributed by atoms with van der Waals surface area (Å²) in [5.74, 6) is 0.129. The molecule has 1 aromatic heterocycles. The van der Waals surface area contributed by atoms with E-state index in [0.29, 0.717) is 12.5 Å². The molecule has 0 fully saturated rings. The first-order valence-corrected chi connectivity index (χ1v) is 7.05. The van der Waals surface area contributed by atoms with Crippen molar-refractivity contribution in [3.63, 3.8) is 0 Å². The number of halogens is 2. The third-order valence-electron chi connectivity index (χ3n) is 2.87. The molecule has 0 aliphatic rings. The topological polar surface area (TPSA) is 26.0 Å². The molecule has 0 aliphatic heterocycles. The Kier molecular flexibility index (Phi) is 4.75. The highest BCUT2D eigenvalue weighted by Crippen LogP contribution is 2.24. The molecule has 18 heavy (non-hydrogen) atoms. The highest BCUT2D eigenvalue weighted by Gasteiger charge is 2.11. The molecule has 0 aliphatic carbocycles. The van der Waals surface area contributed by atoms with Gasteiger partial charge in [-0.05, 0) is 55.1 Å². The van der Waals surface area contributed by atoms with Gasteiger partial charge in [0.15, 0.2) is 0 Å². The highest BCUT2D eigenvalue weighted by atomic mass is 35.5. The molecular weight excluding hydrogens is 269 g/mol. The Hall–Kier alpha value is -0.900. The van der Waals surface area contributed by atoms with Gasteiger partial charge in [-0.25, -0.2) is 4.39 Å². The summed E-state index contributed by atoms with van der Waals surface area (Å²) in [4.78, 5) is 1.23. The molecule has 0 amide bonds. The van der Waals surface area contributed by atoms with Crippen LogP contribution in [0.1, 0.15) is 10.4 Å². The molecular formula is C14H15ClFNS. The Morgan fingerprint density at radius 2 is 2.06 bits per heavy atom. The van der Waals surface area contributed by atoms with E-state index in [1.165, 1.54) is 10.9 Å². The zero-order chi connectivity index (χ0) is 13.0. The van der Waals surface area contributed by atoms with Gasteiger partial charge in [-0.15, -0.1) is 11.3 Å². The van der Waals surface area contributed by atoms with Gasteiger partial charge in [0, 0.05) is 4.88 Å². The maximum absolute atomic E-state index is 13.1. The van der Waals surface area contributed by atoms with Crippen LogP contribution in [0.4, 0.5) is 4.39 Å². The van der Waals surface area contributed by atoms with E-state index in [-0.39, 0.29) is 5.82 Å². The van der Waals surface area contributed by atoms with Crippen LogP contribution in [-0.4, -0.2) is 6.54 Å². The molecule has 1 heterocycles. The molecule has 1 unspecified atom stereocenters. The van der Waals surface area contributed by atoms with Gasteiger partial charge >= 0.3 is 0 Å². The van der Waals surface area contributed by atoms with Crippen LogP contribution in [0, 0.1) is 11.7 Å². The second-order valence-corrected chi connectivity index (χ2v) is 6.15. The first-order chi connectivity index (χ1) is 8.67. The fraction of sp³-hybridized carbons (Fsp3) is 0.286. The van der Waals surface area contributed by atoms with Crippen LogP contribution in [0.3, 0.4) is 0 Å². The van der Waals surface area contributed by atoms with E-state index >= 15 is 0 Å². The predicted octanol–water partition coefficient (Wildman–Crippen LogP) is 3.90. The summed E-state index contributed by atoms with van der Waals surface area (Å²) in [5, 5.41) is 0. The maximum Gasteiger partial charge on any atom is 0.123 e. The third-order valence-corrected chi connectivity index (χ3v) is 4.12. The Morgan fingerprint density at radius 1 is 1.22 bits per heavy atom. The van der Waals surface area contributed by atoms with Crippen molar-refractivity contribution >= 4 is 22.9 Å². The van der Waals surface area contributed by atoms with Gasteiger partial charge in [0.2, 0.25) is 0 Å². The quantitative estimate of drug-likeness (QED) is 0.885. The van der Waals surface area contributed by atoms with Crippen molar-refractivity contribution in [3.05, 3.63) is 57.0 Å². The van der Waals surface area contributed by atoms with Crippen molar-refractivity contribution in [2.45, 2.75) is 12.8 Å². The van der Waals surface area contributed by atoms with Gasteiger partial charge in [-0.3, -0.25) is 0 Å². The monoisotopic (exact) mass is 283 g/mol. The first kappa shape index (κ1) is 13.5. The third kappa shape index (κ3) is 3.80. The molecule has 0 saturated heterocycles. The fourth-order valence-electron chi connectivity index (χ4n) is 1.98. The molecule has 1 atom stereocenters. The Labute approximate surface area is 115 Å². The molecule has 2 N–H and O–H groups in total. The van der Waals surface area contributed by atoms with Gasteiger partial charge in [-0.2, -0.15) is 0 Å². The Bertz CT molecular complexity index is 512. The SMILES string of the molecule is NCC(Cc1cccc(F)c1)Cc1ccc(Cl)s1. The molecule has 0 spiro atoms. The summed E-state index contributed by atoms with van der Waals surface area (Å²) in [7, 11) is 0. The van der Waals surface area contributed by atoms with Gasteiger partial charge in [-0.1, -0.05) is 23.7 Å². The minimum Gasteiger partial charge on any atom is -0.330 e. The van der Waals surface area contributed by atoms with Gasteiger partial charge in [0.05, 0.1) is 4.34 Å². The molecule has 4 heteroatoms. The van der Waals surface area contributed by atoms with Gasteiger partial charge in [0.25, 0.3) is 0 Å². The summed E-state index contributed by atoms with van der Waals surface area (Å²) in [6, 6.07) is 10.6. The van der Waals surface area contributed by atoms with Crippen LogP contribution in [0.5, 0.6) is 0 Å². The number of hydrogen-bond acceptors (Lipinski definition) is 2. The summed E-state index contributed by atoms with van der Waals surface area (Å²) >= 11 is 7.49. The summed E-state index contributed by atoms with van der Waals surface area (Å²) in [6.45, 7) is 0.589. The molecule has 96 valence electrons. The minimum atomic E-state index is -0.192. The van der Waals surface area contributed by atoms with E-state index in [1.807, 2.05) is 18.2 Å². The predicted molar refractivity (Wildman–Crippen MR) is 75.7 cm³/mol. The maximum atomic E-state index is 13.1. The average Bonchev–Trinajstić information content (AvgIpc) is 2.74. The van der Waals surface area contributed by atoms with Crippen LogP contribution in [0.2, 0.25) is 4.34 Å². The standard InChI is InChI=1S/C14H15ClFNS/c15-14-5-4-13(18-14)8-11(9-17)6-10-2-1-3-12(16)7-10/h1-5,7,11H,6,8-9,17H2. The minimum absolute atomic E-state index is 0.192. The summed E-state index contributed by atoms with van der Waals surface area (Å²) in [5.41, 5.74) is 6.78. The second kappa shape index (κ2) is 6.32. The molecule has 1 aromatic carbocycles. The van der Waals surface area contributed by atoms with Crippen LogP contribution in [0.15, 0.2) is 36.4 Å². The van der Waals surface area contributed by atoms with Crippen LogP contribution < -0.4 is 5.73 Å². The van der Waals surface area contributed by atoms with Gasteiger partial charge in [0.1, 0.15) is 5.82 Å². The lowest BCUT2D eigenvalue weighted by Gasteiger charge is -2.13. The Balaban J connectivity index is 2.01. The molecule has 0 saturated carbocycles. The van der Waals surface area contributed by atoms with Crippen molar-refractivity contribution in [3.8, 4) is 0 Å². The van der Waals surface area contributed by atoms with Crippen molar-refractivity contribution < 1.29 is 4.39 Å². The fourth-order valence-corrected chi connectivity index (χ4v) is 3.18. The first-order valence-electron chi connectivity index (χ1n) is 5.86. The number of rotatable bonds is 5. The molecule has 0 bridgehead atoms. The van der Waals surface area contributed by atoms with E-state index in [1.54, 1.807) is 23.5 Å². The number of thiophene rings is 1. The van der Waals surface area contributed by atoms with Crippen molar-refractivity contribution in [2.24, 2.45) is 11.7 Å². The lowest BCUT2D eigenvalue weighted by Crippen LogP contribution is -2.19. The lowest BCUT2D eigenvalue weighted by molar-refractivity contribution is 0.534. The van der Waals surface area contributed by atoms with E-state index in [4.69, 9.17) is 17.3 Å². The second-order valence-electron chi connectivity index (χ2n) is 4.35. The van der Waals surface area contributed by atoms with Crippen molar-refractivity contribution in [2.75, 3.05) is 6.54 Å². The van der Waals surface area contributed by atoms with Crippen molar-refractivity contribution in [1.82, 2.24) is 0 Å². The highest BCUT2D eigenvalue weighted by molar-refractivity contribution is 7.16. The number of benzene rings is 1. The number of nitrogens with two attached hydrogens (primary N) is 1. The van der Waals surface area contributed by atoms with Crippen molar-refractivity contribution in [1.29, 1.82) is 0 Å². The van der Waals surface area contributed by atoms with E-state index < -0.39 is 0 Å². The number of hydrogen-bond donors (Lipinski definition) is 1. The summed E-state index contributed by atoms with van der Waals surface area (Å²) in [6.07, 6.45) is 1.69. The Morgan fingerprint density at radius 3 is 2.67 bits per heavy atom. The molecule has 0 radical (unpaired) electrons. The average molecular weight is 284 g/mol. The van der Waals surface area contributed by atoms with Crippen LogP contribution >= 0.6 is 22.9 Å².